The zero-order valence-electron chi connectivity index (χ0n) is 12.7. The lowest BCUT2D eigenvalue weighted by Gasteiger charge is -2.16. The number of carbonyl (C=O) groups is 1. The fraction of sp³-hybridized carbons (Fsp3) is 0.714. The molecule has 0 aliphatic carbocycles. The smallest absolute Gasteiger partial charge is 0.358 e. The van der Waals surface area contributed by atoms with Gasteiger partial charge in [0, 0.05) is 6.54 Å². The molecule has 1 atom stereocenters. The molecule has 21 heavy (non-hydrogen) atoms. The van der Waals surface area contributed by atoms with Crippen molar-refractivity contribution in [3.05, 3.63) is 22.6 Å². The van der Waals surface area contributed by atoms with Gasteiger partial charge in [-0.15, -0.1) is 0 Å². The molecule has 0 saturated heterocycles. The SMILES string of the molecule is CCCCCCC(C(=O)NCCC)n1cnc([N+](=O)[O-])c1. The van der Waals surface area contributed by atoms with Crippen LogP contribution >= 0.6 is 0 Å². The molecule has 0 bridgehead atoms. The van der Waals surface area contributed by atoms with Crippen LogP contribution in [0, 0.1) is 10.1 Å². The molecular weight excluding hydrogens is 272 g/mol. The van der Waals surface area contributed by atoms with Crippen LogP contribution in [-0.4, -0.2) is 26.9 Å². The lowest BCUT2D eigenvalue weighted by atomic mass is 10.1. The molecule has 0 spiro atoms. The third-order valence-electron chi connectivity index (χ3n) is 3.32. The Balaban J connectivity index is 2.73. The fourth-order valence-corrected chi connectivity index (χ4v) is 2.14. The summed E-state index contributed by atoms with van der Waals surface area (Å²) in [5, 5.41) is 13.6. The first-order valence-corrected chi connectivity index (χ1v) is 7.55. The summed E-state index contributed by atoms with van der Waals surface area (Å²) in [5.74, 6) is -0.322. The zero-order valence-corrected chi connectivity index (χ0v) is 12.7. The second-order valence-corrected chi connectivity index (χ2v) is 5.09. The minimum Gasteiger partial charge on any atom is -0.358 e. The van der Waals surface area contributed by atoms with Gasteiger partial charge in [0.1, 0.15) is 12.2 Å². The van der Waals surface area contributed by atoms with Gasteiger partial charge < -0.3 is 15.4 Å². The van der Waals surface area contributed by atoms with E-state index in [1.165, 1.54) is 12.5 Å². The van der Waals surface area contributed by atoms with Gasteiger partial charge in [0.05, 0.1) is 0 Å². The largest absolute Gasteiger partial charge is 0.381 e. The predicted octanol–water partition coefficient (Wildman–Crippen LogP) is 2.83. The molecule has 7 heteroatoms. The van der Waals surface area contributed by atoms with E-state index in [1.54, 1.807) is 4.57 Å². The van der Waals surface area contributed by atoms with Crippen molar-refractivity contribution >= 4 is 11.7 Å². The van der Waals surface area contributed by atoms with E-state index < -0.39 is 11.0 Å². The van der Waals surface area contributed by atoms with Crippen LogP contribution in [0.4, 0.5) is 5.82 Å². The number of nitrogens with one attached hydrogen (secondary N) is 1. The Bertz CT molecular complexity index is 459. The van der Waals surface area contributed by atoms with Crippen LogP contribution in [0.15, 0.2) is 12.5 Å². The number of hydrogen-bond acceptors (Lipinski definition) is 4. The number of aromatic nitrogens is 2. The van der Waals surface area contributed by atoms with Crippen LogP contribution in [-0.2, 0) is 4.79 Å². The third-order valence-corrected chi connectivity index (χ3v) is 3.32. The minimum absolute atomic E-state index is 0.0966. The van der Waals surface area contributed by atoms with E-state index in [4.69, 9.17) is 0 Å². The van der Waals surface area contributed by atoms with Crippen LogP contribution in [0.3, 0.4) is 0 Å². The zero-order chi connectivity index (χ0) is 15.7. The third kappa shape index (κ3) is 5.53. The summed E-state index contributed by atoms with van der Waals surface area (Å²) in [6.45, 7) is 4.73. The standard InChI is InChI=1S/C14H24N4O3/c1-3-5-6-7-8-12(14(19)15-9-4-2)17-10-13(16-11-17)18(20)21/h10-12H,3-9H2,1-2H3,(H,15,19). The molecular formula is C14H24N4O3. The second-order valence-electron chi connectivity index (χ2n) is 5.09. The van der Waals surface area contributed by atoms with Crippen molar-refractivity contribution in [2.45, 2.75) is 58.4 Å². The lowest BCUT2D eigenvalue weighted by molar-refractivity contribution is -0.389. The van der Waals surface area contributed by atoms with Crippen molar-refractivity contribution in [3.8, 4) is 0 Å². The fourth-order valence-electron chi connectivity index (χ4n) is 2.14. The Morgan fingerprint density at radius 3 is 2.71 bits per heavy atom. The maximum absolute atomic E-state index is 12.2. The van der Waals surface area contributed by atoms with Gasteiger partial charge >= 0.3 is 5.82 Å². The van der Waals surface area contributed by atoms with E-state index >= 15 is 0 Å². The molecule has 1 unspecified atom stereocenters. The van der Waals surface area contributed by atoms with Crippen LogP contribution in [0.1, 0.15) is 58.4 Å². The van der Waals surface area contributed by atoms with E-state index in [9.17, 15) is 14.9 Å². The van der Waals surface area contributed by atoms with Crippen molar-refractivity contribution < 1.29 is 9.72 Å². The maximum atomic E-state index is 12.2. The number of unbranched alkanes of at least 4 members (excludes halogenated alkanes) is 3. The van der Waals surface area contributed by atoms with Gasteiger partial charge in [0.25, 0.3) is 0 Å². The van der Waals surface area contributed by atoms with E-state index in [2.05, 4.69) is 17.2 Å². The van der Waals surface area contributed by atoms with Crippen molar-refractivity contribution in [1.29, 1.82) is 0 Å². The highest BCUT2D eigenvalue weighted by Gasteiger charge is 2.23. The van der Waals surface area contributed by atoms with E-state index in [0.29, 0.717) is 13.0 Å². The number of nitrogens with zero attached hydrogens (tertiary/aromatic N) is 3. The normalized spacial score (nSPS) is 12.1. The van der Waals surface area contributed by atoms with Crippen molar-refractivity contribution in [1.82, 2.24) is 14.9 Å². The summed E-state index contributed by atoms with van der Waals surface area (Å²) >= 11 is 0. The summed E-state index contributed by atoms with van der Waals surface area (Å²) in [4.78, 5) is 26.1. The summed E-state index contributed by atoms with van der Waals surface area (Å²) < 4.78 is 1.55. The Morgan fingerprint density at radius 2 is 2.14 bits per heavy atom. The average molecular weight is 296 g/mol. The van der Waals surface area contributed by atoms with Gasteiger partial charge in [-0.1, -0.05) is 39.5 Å². The Labute approximate surface area is 124 Å². The molecule has 1 heterocycles. The van der Waals surface area contributed by atoms with E-state index in [1.807, 2.05) is 6.92 Å². The molecule has 0 radical (unpaired) electrons. The number of imidazole rings is 1. The Morgan fingerprint density at radius 1 is 1.38 bits per heavy atom. The van der Waals surface area contributed by atoms with Gasteiger partial charge in [0.2, 0.25) is 12.2 Å². The number of rotatable bonds is 10. The van der Waals surface area contributed by atoms with Gasteiger partial charge in [-0.25, -0.2) is 0 Å². The predicted molar refractivity (Wildman–Crippen MR) is 80.0 cm³/mol. The number of carbonyl (C=O) groups excluding carboxylic acids is 1. The molecule has 1 N–H and O–H groups in total. The number of amides is 1. The molecule has 1 rings (SSSR count). The molecule has 7 nitrogen and oxygen atoms in total. The number of nitro groups is 1. The highest BCUT2D eigenvalue weighted by molar-refractivity contribution is 5.80. The molecule has 0 saturated carbocycles. The first-order valence-electron chi connectivity index (χ1n) is 7.55. The van der Waals surface area contributed by atoms with Crippen molar-refractivity contribution in [2.24, 2.45) is 0 Å². The minimum atomic E-state index is -0.547. The first kappa shape index (κ1) is 17.1. The first-order chi connectivity index (χ1) is 10.1. The molecule has 1 aromatic rings. The van der Waals surface area contributed by atoms with Crippen LogP contribution in [0.2, 0.25) is 0 Å². The molecule has 1 amide bonds. The summed E-state index contributed by atoms with van der Waals surface area (Å²) in [5.41, 5.74) is 0. The van der Waals surface area contributed by atoms with Gasteiger partial charge in [0.15, 0.2) is 0 Å². The van der Waals surface area contributed by atoms with Crippen molar-refractivity contribution in [2.75, 3.05) is 6.54 Å². The second kappa shape index (κ2) is 9.10. The molecule has 0 fully saturated rings. The number of hydrogen-bond donors (Lipinski definition) is 1. The van der Waals surface area contributed by atoms with Gasteiger partial charge in [-0.05, 0) is 22.7 Å². The van der Waals surface area contributed by atoms with Gasteiger partial charge in [-0.2, -0.15) is 0 Å². The van der Waals surface area contributed by atoms with Crippen LogP contribution in [0.5, 0.6) is 0 Å². The molecule has 118 valence electrons. The summed E-state index contributed by atoms with van der Waals surface area (Å²) in [6.07, 6.45) is 8.47. The summed E-state index contributed by atoms with van der Waals surface area (Å²) in [7, 11) is 0. The van der Waals surface area contributed by atoms with Gasteiger partial charge in [-0.3, -0.25) is 9.36 Å². The highest BCUT2D eigenvalue weighted by Crippen LogP contribution is 2.19. The lowest BCUT2D eigenvalue weighted by Crippen LogP contribution is -2.32. The summed E-state index contributed by atoms with van der Waals surface area (Å²) in [6, 6.07) is -0.422. The quantitative estimate of drug-likeness (QED) is 0.408. The monoisotopic (exact) mass is 296 g/mol. The molecule has 0 aromatic carbocycles. The molecule has 0 aliphatic heterocycles. The Kier molecular flexibility index (Phi) is 7.42. The highest BCUT2D eigenvalue weighted by atomic mass is 16.6. The van der Waals surface area contributed by atoms with E-state index in [-0.39, 0.29) is 11.7 Å². The maximum Gasteiger partial charge on any atom is 0.381 e. The molecule has 1 aromatic heterocycles. The molecule has 0 aliphatic rings. The van der Waals surface area contributed by atoms with Crippen LogP contribution in [0.25, 0.3) is 0 Å². The topological polar surface area (TPSA) is 90.1 Å². The van der Waals surface area contributed by atoms with E-state index in [0.717, 1.165) is 32.1 Å². The average Bonchev–Trinajstić information content (AvgIpc) is 2.94. The Hall–Kier alpha value is -1.92. The van der Waals surface area contributed by atoms with Crippen LogP contribution < -0.4 is 5.32 Å². The van der Waals surface area contributed by atoms with Crippen molar-refractivity contribution in [3.63, 3.8) is 0 Å².